The van der Waals surface area contributed by atoms with Gasteiger partial charge in [-0.05, 0) is 79.0 Å². The van der Waals surface area contributed by atoms with Gasteiger partial charge < -0.3 is 46.7 Å². The molecule has 17 heteroatoms. The van der Waals surface area contributed by atoms with Gasteiger partial charge in [0.1, 0.15) is 30.0 Å². The van der Waals surface area contributed by atoms with Crippen LogP contribution >= 0.6 is 0 Å². The highest BCUT2D eigenvalue weighted by Gasteiger charge is 2.29. The molecule has 1 aliphatic rings. The van der Waals surface area contributed by atoms with Gasteiger partial charge in [-0.3, -0.25) is 14.9 Å². The van der Waals surface area contributed by atoms with Crippen LogP contribution < -0.4 is 37.6 Å². The minimum absolute atomic E-state index is 0.0856. The molecule has 1 aliphatic carbocycles. The van der Waals surface area contributed by atoms with Gasteiger partial charge in [0.15, 0.2) is 5.82 Å². The van der Waals surface area contributed by atoms with Gasteiger partial charge in [0, 0.05) is 37.1 Å². The molecule has 0 radical (unpaired) electrons. The normalized spacial score (nSPS) is 13.3. The van der Waals surface area contributed by atoms with Crippen molar-refractivity contribution in [2.45, 2.75) is 104 Å². The summed E-state index contributed by atoms with van der Waals surface area (Å²) >= 11 is 0. The molecular weight excluding hydrogens is 817 g/mol. The third-order valence-electron chi connectivity index (χ3n) is 11.2. The maximum absolute atomic E-state index is 13.4. The van der Waals surface area contributed by atoms with Crippen LogP contribution in [0.2, 0.25) is 0 Å². The topological polar surface area (TPSA) is 244 Å². The number of nitrogens with zero attached hydrogens (tertiary/aromatic N) is 3. The van der Waals surface area contributed by atoms with Crippen molar-refractivity contribution in [1.29, 1.82) is 0 Å². The van der Waals surface area contributed by atoms with E-state index in [4.69, 9.17) is 20.4 Å². The van der Waals surface area contributed by atoms with Crippen LogP contribution in [-0.4, -0.2) is 74.8 Å². The summed E-state index contributed by atoms with van der Waals surface area (Å²) in [6.45, 7) is 8.07. The number of aryl methyl sites for hydroxylation is 1. The highest BCUT2D eigenvalue weighted by atomic mass is 16.5. The Hall–Kier alpha value is -6.75. The molecule has 6 amide bonds. The van der Waals surface area contributed by atoms with Gasteiger partial charge in [-0.2, -0.15) is 0 Å². The highest BCUT2D eigenvalue weighted by molar-refractivity contribution is 6.09. The number of imidazole rings is 1. The van der Waals surface area contributed by atoms with Gasteiger partial charge >= 0.3 is 18.2 Å². The van der Waals surface area contributed by atoms with Crippen molar-refractivity contribution >= 4 is 63.5 Å². The first-order chi connectivity index (χ1) is 30.9. The lowest BCUT2D eigenvalue weighted by Crippen LogP contribution is -2.54. The molecule has 2 atom stereocenters. The zero-order valence-corrected chi connectivity index (χ0v) is 36.7. The number of hydrogen-bond acceptors (Lipinski definition) is 9. The van der Waals surface area contributed by atoms with E-state index in [9.17, 15) is 29.1 Å². The van der Waals surface area contributed by atoms with Gasteiger partial charge in [0.2, 0.25) is 11.8 Å². The molecule has 2 heterocycles. The summed E-state index contributed by atoms with van der Waals surface area (Å²) < 4.78 is 7.89. The Bertz CT molecular complexity index is 2400. The number of aromatic nitrogens is 3. The molecule has 2 aromatic heterocycles. The second-order valence-corrected chi connectivity index (χ2v) is 16.7. The first-order valence-electron chi connectivity index (χ1n) is 22.1. The zero-order chi connectivity index (χ0) is 45.6. The third kappa shape index (κ3) is 13.4. The minimum Gasteiger partial charge on any atom is -0.465 e. The predicted octanol–water partition coefficient (Wildman–Crippen LogP) is 6.78. The van der Waals surface area contributed by atoms with Crippen LogP contribution in [-0.2, 0) is 40.4 Å². The summed E-state index contributed by atoms with van der Waals surface area (Å²) in [5, 5.41) is 26.6. The fourth-order valence-corrected chi connectivity index (χ4v) is 7.47. The number of amides is 6. The summed E-state index contributed by atoms with van der Waals surface area (Å²) in [5.41, 5.74) is 10.8. The summed E-state index contributed by atoms with van der Waals surface area (Å²) in [6.07, 6.45) is 5.02. The number of nitrogens with one attached hydrogen (secondary N) is 6. The number of carbonyl (C=O) groups excluding carboxylic acids is 4. The fourth-order valence-electron chi connectivity index (χ4n) is 7.47. The van der Waals surface area contributed by atoms with Crippen molar-refractivity contribution in [2.75, 3.05) is 23.7 Å². The largest absolute Gasteiger partial charge is 0.465 e. The quantitative estimate of drug-likeness (QED) is 0.0320. The summed E-state index contributed by atoms with van der Waals surface area (Å²) in [4.78, 5) is 72.2. The number of fused-ring (bicyclic) bond motifs is 3. The Labute approximate surface area is 372 Å². The van der Waals surface area contributed by atoms with Crippen molar-refractivity contribution < 1.29 is 33.8 Å². The van der Waals surface area contributed by atoms with Crippen molar-refractivity contribution in [3.8, 4) is 0 Å². The minimum atomic E-state index is -1.37. The van der Waals surface area contributed by atoms with E-state index in [0.717, 1.165) is 60.6 Å². The van der Waals surface area contributed by atoms with Gasteiger partial charge in [-0.15, -0.1) is 0 Å². The smallest absolute Gasteiger partial charge is 0.413 e. The van der Waals surface area contributed by atoms with Crippen LogP contribution in [0.15, 0.2) is 72.8 Å². The van der Waals surface area contributed by atoms with Crippen LogP contribution in [0.25, 0.3) is 21.9 Å². The highest BCUT2D eigenvalue weighted by Crippen LogP contribution is 2.33. The molecule has 3 aromatic carbocycles. The Morgan fingerprint density at radius 2 is 1.58 bits per heavy atom. The lowest BCUT2D eigenvalue weighted by molar-refractivity contribution is -0.128. The van der Waals surface area contributed by atoms with Crippen LogP contribution in [0, 0.1) is 11.8 Å². The fraction of sp³-hybridized carbons (Fsp3) is 0.426. The van der Waals surface area contributed by atoms with Crippen LogP contribution in [0.4, 0.5) is 25.9 Å². The van der Waals surface area contributed by atoms with Gasteiger partial charge in [-0.25, -0.2) is 24.4 Å². The van der Waals surface area contributed by atoms with Crippen LogP contribution in [0.3, 0.4) is 0 Å². The SMILES string of the molecule is CCCCc1nc2c(NC(=O)OCc3ccc(NC(=O)C(CCCNC(N)=O)NC(=O)C(NC(=O)O)C(C)C)cc3)nc3ccccc3c2n1Cc1ccc(CNCCC2CC2)cc1. The Morgan fingerprint density at radius 1 is 0.859 bits per heavy atom. The van der Waals surface area contributed by atoms with E-state index in [1.807, 2.05) is 24.3 Å². The number of urea groups is 1. The molecule has 2 unspecified atom stereocenters. The third-order valence-corrected chi connectivity index (χ3v) is 11.2. The average molecular weight is 877 g/mol. The molecule has 1 fully saturated rings. The van der Waals surface area contributed by atoms with Crippen LogP contribution in [0.5, 0.6) is 0 Å². The molecule has 340 valence electrons. The number of carbonyl (C=O) groups is 5. The number of carboxylic acid groups (broad SMARTS) is 1. The van der Waals surface area contributed by atoms with E-state index in [-0.39, 0.29) is 19.6 Å². The number of para-hydroxylation sites is 1. The molecule has 1 saturated carbocycles. The van der Waals surface area contributed by atoms with Gasteiger partial charge in [0.25, 0.3) is 0 Å². The van der Waals surface area contributed by atoms with Gasteiger partial charge in [-0.1, -0.05) is 94.6 Å². The second kappa shape index (κ2) is 22.6. The molecule has 0 bridgehead atoms. The van der Waals surface area contributed by atoms with Crippen molar-refractivity contribution in [2.24, 2.45) is 17.6 Å². The molecular formula is C47H60N10O7. The lowest BCUT2D eigenvalue weighted by Gasteiger charge is -2.24. The molecule has 9 N–H and O–H groups in total. The lowest BCUT2D eigenvalue weighted by atomic mass is 10.0. The standard InChI is InChI=1S/C47H60N10O7/c1-4-5-12-38-54-40-41(57(38)27-32-17-15-31(16-18-32)26-49-25-23-30-13-14-30)35-9-6-7-10-36(35)52-42(40)56-47(63)64-28-33-19-21-34(22-20-33)51-43(58)37(11-8-24-50-45(48)60)53-44(59)39(29(2)3)55-46(61)62/h6-7,9-10,15-22,29-30,37,39,49,55H,4-5,8,11-14,23-28H2,1-3H3,(H,51,58)(H,53,59)(H,61,62)(H3,48,50,60)(H,52,56,63). The molecule has 0 spiro atoms. The number of pyridine rings is 1. The maximum atomic E-state index is 13.4. The Balaban J connectivity index is 1.12. The molecule has 5 aromatic rings. The van der Waals surface area contributed by atoms with Crippen LogP contribution in [0.1, 0.15) is 88.2 Å². The first-order valence-corrected chi connectivity index (χ1v) is 22.1. The summed E-state index contributed by atoms with van der Waals surface area (Å²) in [6, 6.07) is 20.3. The number of nitrogens with two attached hydrogens (primary N) is 1. The van der Waals surface area contributed by atoms with Crippen molar-refractivity contribution in [3.05, 3.63) is 95.3 Å². The molecule has 0 saturated heterocycles. The summed E-state index contributed by atoms with van der Waals surface area (Å²) in [5.74, 6) is 0.499. The van der Waals surface area contributed by atoms with E-state index in [2.05, 4.69) is 67.7 Å². The van der Waals surface area contributed by atoms with E-state index < -0.39 is 48.0 Å². The molecule has 64 heavy (non-hydrogen) atoms. The Kier molecular flexibility index (Phi) is 16.5. The molecule has 17 nitrogen and oxygen atoms in total. The van der Waals surface area contributed by atoms with Gasteiger partial charge in [0.05, 0.1) is 11.0 Å². The number of ether oxygens (including phenoxy) is 1. The maximum Gasteiger partial charge on any atom is 0.413 e. The second-order valence-electron chi connectivity index (χ2n) is 16.7. The first kappa shape index (κ1) is 46.7. The monoisotopic (exact) mass is 876 g/mol. The molecule has 6 rings (SSSR count). The summed E-state index contributed by atoms with van der Waals surface area (Å²) in [7, 11) is 0. The number of hydrogen-bond donors (Lipinski definition) is 8. The number of benzene rings is 3. The predicted molar refractivity (Wildman–Crippen MR) is 246 cm³/mol. The van der Waals surface area contributed by atoms with E-state index in [1.54, 1.807) is 38.1 Å². The number of primary amides is 1. The number of unbranched alkanes of at least 4 members (excludes halogenated alkanes) is 1. The van der Waals surface area contributed by atoms with Crippen molar-refractivity contribution in [3.63, 3.8) is 0 Å². The van der Waals surface area contributed by atoms with E-state index >= 15 is 0 Å². The number of anilines is 2. The number of rotatable bonds is 23. The Morgan fingerprint density at radius 3 is 2.27 bits per heavy atom. The molecule has 0 aliphatic heterocycles. The zero-order valence-electron chi connectivity index (χ0n) is 36.7. The van der Waals surface area contributed by atoms with E-state index in [0.29, 0.717) is 41.1 Å². The average Bonchev–Trinajstić information content (AvgIpc) is 4.03. The van der Waals surface area contributed by atoms with E-state index in [1.165, 1.54) is 24.8 Å². The van der Waals surface area contributed by atoms with Crippen molar-refractivity contribution in [1.82, 2.24) is 35.8 Å².